The number of halogens is 1. The molecule has 1 fully saturated rings. The Labute approximate surface area is 110 Å². The average molecular weight is 301 g/mol. The topological polar surface area (TPSA) is 29.3 Å². The summed E-state index contributed by atoms with van der Waals surface area (Å²) in [5, 5.41) is 0. The molecular weight excluding hydrogens is 284 g/mol. The molecule has 4 heteroatoms. The van der Waals surface area contributed by atoms with Crippen molar-refractivity contribution in [3.8, 4) is 0 Å². The number of benzene rings is 1. The molecule has 0 unspecified atom stereocenters. The molecule has 1 heterocycles. The predicted molar refractivity (Wildman–Crippen MR) is 76.4 cm³/mol. The van der Waals surface area contributed by atoms with Gasteiger partial charge in [0.15, 0.2) is 0 Å². The molecule has 0 aromatic heterocycles. The molecule has 2 N–H and O–H groups in total. The van der Waals surface area contributed by atoms with Crippen LogP contribution in [0.4, 0.5) is 5.69 Å². The maximum absolute atomic E-state index is 5.67. The fourth-order valence-corrected chi connectivity index (χ4v) is 3.33. The molecule has 0 atom stereocenters. The lowest BCUT2D eigenvalue weighted by atomic mass is 10.1. The fraction of sp³-hybridized carbons (Fsp3) is 0.500. The first kappa shape index (κ1) is 12.3. The third kappa shape index (κ3) is 2.93. The zero-order chi connectivity index (χ0) is 11.4. The lowest BCUT2D eigenvalue weighted by molar-refractivity contribution is 0.842. The van der Waals surface area contributed by atoms with E-state index in [1.165, 1.54) is 22.8 Å². The van der Waals surface area contributed by atoms with Gasteiger partial charge in [-0.1, -0.05) is 15.9 Å². The van der Waals surface area contributed by atoms with Crippen LogP contribution in [0.15, 0.2) is 22.7 Å². The fourth-order valence-electron chi connectivity index (χ4n) is 2.02. The van der Waals surface area contributed by atoms with E-state index in [1.54, 1.807) is 0 Å². The van der Waals surface area contributed by atoms with Crippen LogP contribution in [-0.2, 0) is 6.42 Å². The molecule has 2 rings (SSSR count). The summed E-state index contributed by atoms with van der Waals surface area (Å²) in [5.74, 6) is 2.47. The van der Waals surface area contributed by atoms with Crippen LogP contribution in [0.5, 0.6) is 0 Å². The van der Waals surface area contributed by atoms with Gasteiger partial charge in [0.05, 0.1) is 0 Å². The van der Waals surface area contributed by atoms with E-state index in [0.717, 1.165) is 24.0 Å². The van der Waals surface area contributed by atoms with Crippen LogP contribution in [0.2, 0.25) is 0 Å². The Hall–Kier alpha value is -0.190. The van der Waals surface area contributed by atoms with Crippen LogP contribution < -0.4 is 10.6 Å². The second-order valence-corrected chi connectivity index (χ2v) is 6.05. The standard InChI is InChI=1S/C12H17BrN2S/c13-11-1-2-12(10(9-11)3-4-14)15-5-7-16-8-6-15/h1-2,9H,3-8,14H2. The molecule has 0 aliphatic carbocycles. The van der Waals surface area contributed by atoms with Crippen molar-refractivity contribution in [2.24, 2.45) is 5.73 Å². The van der Waals surface area contributed by atoms with Crippen molar-refractivity contribution >= 4 is 33.4 Å². The van der Waals surface area contributed by atoms with Crippen molar-refractivity contribution in [3.63, 3.8) is 0 Å². The molecule has 1 saturated heterocycles. The van der Waals surface area contributed by atoms with Crippen LogP contribution in [0, 0.1) is 0 Å². The minimum Gasteiger partial charge on any atom is -0.370 e. The quantitative estimate of drug-likeness (QED) is 0.930. The van der Waals surface area contributed by atoms with Crippen molar-refractivity contribution in [1.82, 2.24) is 0 Å². The first-order valence-electron chi connectivity index (χ1n) is 5.62. The highest BCUT2D eigenvalue weighted by atomic mass is 79.9. The summed E-state index contributed by atoms with van der Waals surface area (Å²) in [6.45, 7) is 3.03. The molecule has 0 radical (unpaired) electrons. The smallest absolute Gasteiger partial charge is 0.0400 e. The van der Waals surface area contributed by atoms with Gasteiger partial charge in [-0.25, -0.2) is 0 Å². The molecule has 0 amide bonds. The highest BCUT2D eigenvalue weighted by molar-refractivity contribution is 9.10. The maximum atomic E-state index is 5.67. The van der Waals surface area contributed by atoms with Crippen molar-refractivity contribution in [2.75, 3.05) is 36.0 Å². The summed E-state index contributed by atoms with van der Waals surface area (Å²) in [6, 6.07) is 6.53. The Kier molecular flexibility index (Phi) is 4.55. The number of nitrogens with zero attached hydrogens (tertiary/aromatic N) is 1. The van der Waals surface area contributed by atoms with Gasteiger partial charge in [-0.05, 0) is 36.7 Å². The van der Waals surface area contributed by atoms with E-state index in [-0.39, 0.29) is 0 Å². The van der Waals surface area contributed by atoms with E-state index < -0.39 is 0 Å². The van der Waals surface area contributed by atoms with E-state index in [4.69, 9.17) is 5.73 Å². The molecule has 16 heavy (non-hydrogen) atoms. The highest BCUT2D eigenvalue weighted by Gasteiger charge is 2.14. The van der Waals surface area contributed by atoms with Gasteiger partial charge in [-0.2, -0.15) is 11.8 Å². The summed E-state index contributed by atoms with van der Waals surface area (Å²) >= 11 is 5.57. The summed E-state index contributed by atoms with van der Waals surface area (Å²) in [4.78, 5) is 2.48. The van der Waals surface area contributed by atoms with Crippen LogP contribution in [0.3, 0.4) is 0 Å². The zero-order valence-corrected chi connectivity index (χ0v) is 11.7. The first-order valence-corrected chi connectivity index (χ1v) is 7.57. The summed E-state index contributed by atoms with van der Waals surface area (Å²) in [7, 11) is 0. The Balaban J connectivity index is 2.23. The molecule has 0 spiro atoms. The van der Waals surface area contributed by atoms with Gasteiger partial charge < -0.3 is 10.6 Å². The van der Waals surface area contributed by atoms with E-state index >= 15 is 0 Å². The number of rotatable bonds is 3. The van der Waals surface area contributed by atoms with Gasteiger partial charge in [-0.3, -0.25) is 0 Å². The van der Waals surface area contributed by atoms with Gasteiger partial charge in [0.2, 0.25) is 0 Å². The molecule has 2 nitrogen and oxygen atoms in total. The summed E-state index contributed by atoms with van der Waals surface area (Å²) in [5.41, 5.74) is 8.41. The summed E-state index contributed by atoms with van der Waals surface area (Å²) < 4.78 is 1.14. The van der Waals surface area contributed by atoms with Crippen LogP contribution in [-0.4, -0.2) is 31.1 Å². The molecule has 1 aliphatic rings. The predicted octanol–water partition coefficient (Wildman–Crippen LogP) is 2.50. The molecular formula is C12H17BrN2S. The second kappa shape index (κ2) is 5.94. The highest BCUT2D eigenvalue weighted by Crippen LogP contribution is 2.27. The number of nitrogens with two attached hydrogens (primary N) is 1. The van der Waals surface area contributed by atoms with Gasteiger partial charge in [-0.15, -0.1) is 0 Å². The lowest BCUT2D eigenvalue weighted by Crippen LogP contribution is -2.33. The Bertz CT molecular complexity index is 351. The SMILES string of the molecule is NCCc1cc(Br)ccc1N1CCSCC1. The minimum atomic E-state index is 0.714. The molecule has 1 aromatic rings. The van der Waals surface area contributed by atoms with Crippen molar-refractivity contribution < 1.29 is 0 Å². The van der Waals surface area contributed by atoms with Crippen molar-refractivity contribution in [2.45, 2.75) is 6.42 Å². The van der Waals surface area contributed by atoms with Gasteiger partial charge >= 0.3 is 0 Å². The normalized spacial score (nSPS) is 16.5. The van der Waals surface area contributed by atoms with Crippen LogP contribution in [0.1, 0.15) is 5.56 Å². The van der Waals surface area contributed by atoms with Crippen molar-refractivity contribution in [1.29, 1.82) is 0 Å². The number of hydrogen-bond donors (Lipinski definition) is 1. The molecule has 0 bridgehead atoms. The maximum Gasteiger partial charge on any atom is 0.0400 e. The number of anilines is 1. The Morgan fingerprint density at radius 1 is 1.31 bits per heavy atom. The largest absolute Gasteiger partial charge is 0.370 e. The van der Waals surface area contributed by atoms with E-state index in [2.05, 4.69) is 39.0 Å². The number of thioether (sulfide) groups is 1. The molecule has 0 saturated carbocycles. The van der Waals surface area contributed by atoms with E-state index in [9.17, 15) is 0 Å². The first-order chi connectivity index (χ1) is 7.81. The zero-order valence-electron chi connectivity index (χ0n) is 9.29. The Morgan fingerprint density at radius 3 is 2.75 bits per heavy atom. The Morgan fingerprint density at radius 2 is 2.06 bits per heavy atom. The molecule has 88 valence electrons. The van der Waals surface area contributed by atoms with Gasteiger partial charge in [0, 0.05) is 34.8 Å². The van der Waals surface area contributed by atoms with E-state index in [1.807, 2.05) is 11.8 Å². The van der Waals surface area contributed by atoms with Crippen LogP contribution in [0.25, 0.3) is 0 Å². The summed E-state index contributed by atoms with van der Waals surface area (Å²) in [6.07, 6.45) is 0.957. The molecule has 1 aromatic carbocycles. The second-order valence-electron chi connectivity index (χ2n) is 3.91. The molecule has 1 aliphatic heterocycles. The average Bonchev–Trinajstić information content (AvgIpc) is 2.31. The number of hydrogen-bond acceptors (Lipinski definition) is 3. The minimum absolute atomic E-state index is 0.714. The van der Waals surface area contributed by atoms with Gasteiger partial charge in [0.25, 0.3) is 0 Å². The third-order valence-electron chi connectivity index (χ3n) is 2.81. The van der Waals surface area contributed by atoms with Gasteiger partial charge in [0.1, 0.15) is 0 Å². The van der Waals surface area contributed by atoms with Crippen LogP contribution >= 0.6 is 27.7 Å². The lowest BCUT2D eigenvalue weighted by Gasteiger charge is -2.30. The van der Waals surface area contributed by atoms with Crippen molar-refractivity contribution in [3.05, 3.63) is 28.2 Å². The monoisotopic (exact) mass is 300 g/mol. The van der Waals surface area contributed by atoms with E-state index in [0.29, 0.717) is 6.54 Å². The third-order valence-corrected chi connectivity index (χ3v) is 4.24.